The molecule has 0 aliphatic heterocycles. The topological polar surface area (TPSA) is 47.3 Å². The molecule has 15 heavy (non-hydrogen) atoms. The van der Waals surface area contributed by atoms with Crippen molar-refractivity contribution in [2.45, 2.75) is 25.8 Å². The minimum absolute atomic E-state index is 0.332. The van der Waals surface area contributed by atoms with Gasteiger partial charge in [-0.25, -0.2) is 0 Å². The van der Waals surface area contributed by atoms with E-state index in [0.717, 1.165) is 19.4 Å². The summed E-state index contributed by atoms with van der Waals surface area (Å²) in [6, 6.07) is 4.56. The summed E-state index contributed by atoms with van der Waals surface area (Å²) in [4.78, 5) is 1.38. The van der Waals surface area contributed by atoms with Gasteiger partial charge in [0.2, 0.25) is 0 Å². The van der Waals surface area contributed by atoms with Crippen molar-refractivity contribution >= 4 is 11.3 Å². The quantitative estimate of drug-likeness (QED) is 0.552. The maximum atomic E-state index is 5.58. The molecule has 0 spiro atoms. The molecule has 0 saturated carbocycles. The van der Waals surface area contributed by atoms with Crippen LogP contribution in [0.1, 0.15) is 18.2 Å². The van der Waals surface area contributed by atoms with Crippen LogP contribution in [0.3, 0.4) is 0 Å². The van der Waals surface area contributed by atoms with Gasteiger partial charge >= 0.3 is 0 Å². The second-order valence-electron chi connectivity index (χ2n) is 3.82. The molecule has 0 aliphatic rings. The zero-order valence-corrected chi connectivity index (χ0v) is 10.2. The maximum absolute atomic E-state index is 5.58. The Morgan fingerprint density at radius 3 is 2.93 bits per heavy atom. The van der Waals surface area contributed by atoms with Crippen molar-refractivity contribution in [3.63, 3.8) is 0 Å². The van der Waals surface area contributed by atoms with Crippen LogP contribution < -0.4 is 11.3 Å². The van der Waals surface area contributed by atoms with Crippen LogP contribution in [0, 0.1) is 5.92 Å². The number of hydrogen-bond donors (Lipinski definition) is 2. The zero-order chi connectivity index (χ0) is 11.1. The molecule has 1 aromatic heterocycles. The first kappa shape index (κ1) is 12.6. The highest BCUT2D eigenvalue weighted by atomic mass is 32.1. The molecule has 86 valence electrons. The number of ether oxygens (including phenoxy) is 1. The summed E-state index contributed by atoms with van der Waals surface area (Å²) in [6.07, 6.45) is 2.04. The van der Waals surface area contributed by atoms with E-state index in [-0.39, 0.29) is 0 Å². The van der Waals surface area contributed by atoms with Crippen LogP contribution in [0.15, 0.2) is 17.5 Å². The Bertz CT molecular complexity index is 251. The molecule has 0 bridgehead atoms. The number of thiophene rings is 1. The minimum atomic E-state index is 0.332. The summed E-state index contributed by atoms with van der Waals surface area (Å²) in [7, 11) is 1.73. The fourth-order valence-electron chi connectivity index (χ4n) is 1.57. The van der Waals surface area contributed by atoms with Crippen molar-refractivity contribution in [3.05, 3.63) is 22.4 Å². The molecular formula is C11H20N2OS. The van der Waals surface area contributed by atoms with Crippen molar-refractivity contribution in [2.75, 3.05) is 13.7 Å². The van der Waals surface area contributed by atoms with E-state index in [2.05, 4.69) is 29.9 Å². The van der Waals surface area contributed by atoms with Gasteiger partial charge in [-0.3, -0.25) is 11.3 Å². The van der Waals surface area contributed by atoms with Crippen LogP contribution in [0.4, 0.5) is 0 Å². The van der Waals surface area contributed by atoms with Gasteiger partial charge in [-0.2, -0.15) is 0 Å². The highest BCUT2D eigenvalue weighted by molar-refractivity contribution is 7.09. The van der Waals surface area contributed by atoms with E-state index in [9.17, 15) is 0 Å². The monoisotopic (exact) mass is 228 g/mol. The Morgan fingerprint density at radius 2 is 2.40 bits per heavy atom. The van der Waals surface area contributed by atoms with E-state index in [4.69, 9.17) is 10.6 Å². The molecule has 3 nitrogen and oxygen atoms in total. The van der Waals surface area contributed by atoms with Crippen molar-refractivity contribution in [1.29, 1.82) is 0 Å². The lowest BCUT2D eigenvalue weighted by Crippen LogP contribution is -2.41. The van der Waals surface area contributed by atoms with E-state index in [1.165, 1.54) is 4.88 Å². The lowest BCUT2D eigenvalue weighted by molar-refractivity contribution is 0.170. The third-order valence-corrected chi connectivity index (χ3v) is 3.58. The smallest absolute Gasteiger partial charge is 0.0465 e. The van der Waals surface area contributed by atoms with Crippen molar-refractivity contribution in [1.82, 2.24) is 5.43 Å². The predicted molar refractivity (Wildman–Crippen MR) is 64.8 cm³/mol. The van der Waals surface area contributed by atoms with Crippen LogP contribution in [-0.2, 0) is 11.2 Å². The van der Waals surface area contributed by atoms with Gasteiger partial charge < -0.3 is 4.74 Å². The van der Waals surface area contributed by atoms with Crippen molar-refractivity contribution in [2.24, 2.45) is 11.8 Å². The molecule has 0 amide bonds. The van der Waals surface area contributed by atoms with Crippen LogP contribution in [0.2, 0.25) is 0 Å². The Hall–Kier alpha value is -0.420. The van der Waals surface area contributed by atoms with Gasteiger partial charge in [0.05, 0.1) is 0 Å². The summed E-state index contributed by atoms with van der Waals surface area (Å²) in [5.41, 5.74) is 2.90. The Labute approximate surface area is 95.6 Å². The van der Waals surface area contributed by atoms with Gasteiger partial charge in [0, 0.05) is 24.6 Å². The van der Waals surface area contributed by atoms with Gasteiger partial charge in [-0.05, 0) is 30.2 Å². The molecule has 2 unspecified atom stereocenters. The third-order valence-electron chi connectivity index (χ3n) is 2.68. The van der Waals surface area contributed by atoms with E-state index < -0.39 is 0 Å². The van der Waals surface area contributed by atoms with Gasteiger partial charge in [-0.1, -0.05) is 13.0 Å². The highest BCUT2D eigenvalue weighted by Crippen LogP contribution is 2.16. The van der Waals surface area contributed by atoms with E-state index >= 15 is 0 Å². The normalized spacial score (nSPS) is 15.1. The maximum Gasteiger partial charge on any atom is 0.0465 e. The standard InChI is InChI=1S/C11H20N2OS/c1-9(5-6-14-2)11(13-12)8-10-4-3-7-15-10/h3-4,7,9,11,13H,5-6,8,12H2,1-2H3. The fraction of sp³-hybridized carbons (Fsp3) is 0.636. The van der Waals surface area contributed by atoms with Gasteiger partial charge in [0.25, 0.3) is 0 Å². The number of methoxy groups -OCH3 is 1. The zero-order valence-electron chi connectivity index (χ0n) is 9.40. The summed E-state index contributed by atoms with van der Waals surface area (Å²) in [5, 5.41) is 2.10. The Morgan fingerprint density at radius 1 is 1.60 bits per heavy atom. The molecule has 0 fully saturated rings. The first-order valence-corrected chi connectivity index (χ1v) is 6.13. The largest absolute Gasteiger partial charge is 0.385 e. The number of hydrazine groups is 1. The molecule has 3 N–H and O–H groups in total. The number of rotatable bonds is 7. The molecular weight excluding hydrogens is 208 g/mol. The average molecular weight is 228 g/mol. The van der Waals surface area contributed by atoms with Crippen molar-refractivity contribution in [3.8, 4) is 0 Å². The Balaban J connectivity index is 2.40. The van der Waals surface area contributed by atoms with Crippen molar-refractivity contribution < 1.29 is 4.74 Å². The molecule has 0 radical (unpaired) electrons. The molecule has 0 saturated heterocycles. The fourth-order valence-corrected chi connectivity index (χ4v) is 2.34. The molecule has 0 aliphatic carbocycles. The molecule has 2 atom stereocenters. The SMILES string of the molecule is COCCC(C)C(Cc1cccs1)NN. The van der Waals surface area contributed by atoms with Gasteiger partial charge in [-0.15, -0.1) is 11.3 Å². The molecule has 4 heteroatoms. The van der Waals surface area contributed by atoms with Gasteiger partial charge in [0.1, 0.15) is 0 Å². The van der Waals surface area contributed by atoms with Gasteiger partial charge in [0.15, 0.2) is 0 Å². The first-order valence-electron chi connectivity index (χ1n) is 5.25. The number of nitrogens with two attached hydrogens (primary N) is 1. The lowest BCUT2D eigenvalue weighted by atomic mass is 9.96. The average Bonchev–Trinajstić information content (AvgIpc) is 2.75. The highest BCUT2D eigenvalue weighted by Gasteiger charge is 2.16. The minimum Gasteiger partial charge on any atom is -0.385 e. The molecule has 0 aromatic carbocycles. The Kier molecular flexibility index (Phi) is 5.86. The lowest BCUT2D eigenvalue weighted by Gasteiger charge is -2.22. The molecule has 1 rings (SSSR count). The van der Waals surface area contributed by atoms with Crippen LogP contribution in [-0.4, -0.2) is 19.8 Å². The first-order chi connectivity index (χ1) is 7.27. The second-order valence-corrected chi connectivity index (χ2v) is 4.85. The summed E-state index contributed by atoms with van der Waals surface area (Å²) >= 11 is 1.78. The van der Waals surface area contributed by atoms with Crippen LogP contribution >= 0.6 is 11.3 Å². The summed E-state index contributed by atoms with van der Waals surface area (Å²) in [5.74, 6) is 6.10. The predicted octanol–water partition coefficient (Wildman–Crippen LogP) is 1.80. The number of nitrogens with one attached hydrogen (secondary N) is 1. The van der Waals surface area contributed by atoms with E-state index in [1.807, 2.05) is 0 Å². The van der Waals surface area contributed by atoms with Crippen LogP contribution in [0.5, 0.6) is 0 Å². The van der Waals surface area contributed by atoms with Crippen LogP contribution in [0.25, 0.3) is 0 Å². The third kappa shape index (κ3) is 4.30. The van der Waals surface area contributed by atoms with E-state index in [1.54, 1.807) is 18.4 Å². The number of hydrogen-bond acceptors (Lipinski definition) is 4. The molecule has 1 heterocycles. The second kappa shape index (κ2) is 6.95. The molecule has 1 aromatic rings. The summed E-state index contributed by atoms with van der Waals surface area (Å²) < 4.78 is 5.08. The summed E-state index contributed by atoms with van der Waals surface area (Å²) in [6.45, 7) is 3.00. The van der Waals surface area contributed by atoms with E-state index in [0.29, 0.717) is 12.0 Å².